The molecule has 1 unspecified atom stereocenters. The Morgan fingerprint density at radius 1 is 1.33 bits per heavy atom. The molecule has 0 saturated heterocycles. The Morgan fingerprint density at radius 3 is 2.52 bits per heavy atom. The lowest BCUT2D eigenvalue weighted by molar-refractivity contribution is 0.281. The van der Waals surface area contributed by atoms with Crippen molar-refractivity contribution >= 4 is 33.2 Å². The number of sulfonamides is 1. The molecule has 0 amide bonds. The molecule has 0 aliphatic heterocycles. The summed E-state index contributed by atoms with van der Waals surface area (Å²) in [6, 6.07) is 2.59. The van der Waals surface area contributed by atoms with Gasteiger partial charge < -0.3 is 5.11 Å². The number of rotatable bonds is 7. The lowest BCUT2D eigenvalue weighted by Crippen LogP contribution is -2.35. The van der Waals surface area contributed by atoms with Gasteiger partial charge in [0.2, 0.25) is 10.0 Å². The molecule has 7 heteroatoms. The Hall–Kier alpha value is -0.330. The van der Waals surface area contributed by atoms with E-state index in [-0.39, 0.29) is 27.6 Å². The van der Waals surface area contributed by atoms with Crippen molar-refractivity contribution in [2.24, 2.45) is 5.92 Å². The normalized spacial score (nSPS) is 17.0. The van der Waals surface area contributed by atoms with Crippen LogP contribution in [-0.4, -0.2) is 19.6 Å². The first kappa shape index (κ1) is 17.0. The maximum absolute atomic E-state index is 12.5. The predicted molar refractivity (Wildman–Crippen MR) is 84.1 cm³/mol. The van der Waals surface area contributed by atoms with E-state index in [4.69, 9.17) is 23.2 Å². The molecule has 1 aromatic rings. The van der Waals surface area contributed by atoms with Crippen LogP contribution >= 0.6 is 23.2 Å². The van der Waals surface area contributed by atoms with Gasteiger partial charge in [-0.2, -0.15) is 0 Å². The quantitative estimate of drug-likeness (QED) is 0.791. The molecule has 2 rings (SSSR count). The van der Waals surface area contributed by atoms with Gasteiger partial charge in [0.05, 0.1) is 11.6 Å². The second kappa shape index (κ2) is 6.84. The first-order chi connectivity index (χ1) is 9.87. The van der Waals surface area contributed by atoms with E-state index in [1.807, 2.05) is 6.92 Å². The van der Waals surface area contributed by atoms with Crippen LogP contribution in [-0.2, 0) is 16.6 Å². The van der Waals surface area contributed by atoms with Gasteiger partial charge in [-0.05, 0) is 36.5 Å². The minimum Gasteiger partial charge on any atom is -0.392 e. The fourth-order valence-electron chi connectivity index (χ4n) is 2.24. The Bertz CT molecular complexity index is 615. The molecule has 118 valence electrons. The molecule has 1 fully saturated rings. The molecule has 0 heterocycles. The summed E-state index contributed by atoms with van der Waals surface area (Å²) < 4.78 is 27.7. The lowest BCUT2D eigenvalue weighted by Gasteiger charge is -2.18. The van der Waals surface area contributed by atoms with E-state index in [9.17, 15) is 13.5 Å². The van der Waals surface area contributed by atoms with Crippen molar-refractivity contribution in [1.82, 2.24) is 4.72 Å². The molecule has 1 saturated carbocycles. The standard InChI is InChI=1S/C14H19Cl2NO3S/c1-2-11(5-9-3-4-9)17-21(19,20)14-6-10(8-18)12(15)7-13(14)16/h6-7,9,11,17-18H,2-5,8H2,1H3. The third-order valence-corrected chi connectivity index (χ3v) is 6.03. The molecule has 1 aliphatic carbocycles. The van der Waals surface area contributed by atoms with E-state index < -0.39 is 10.0 Å². The number of halogens is 2. The van der Waals surface area contributed by atoms with Crippen molar-refractivity contribution in [2.45, 2.75) is 50.2 Å². The summed E-state index contributed by atoms with van der Waals surface area (Å²) in [6.07, 6.45) is 3.94. The van der Waals surface area contributed by atoms with Crippen molar-refractivity contribution in [3.8, 4) is 0 Å². The first-order valence-electron chi connectivity index (χ1n) is 6.98. The topological polar surface area (TPSA) is 66.4 Å². The predicted octanol–water partition coefficient (Wildman–Crippen LogP) is 3.34. The Balaban J connectivity index is 2.25. The highest BCUT2D eigenvalue weighted by Gasteiger charge is 2.28. The van der Waals surface area contributed by atoms with Gasteiger partial charge in [0.25, 0.3) is 0 Å². The van der Waals surface area contributed by atoms with E-state index in [0.29, 0.717) is 11.5 Å². The van der Waals surface area contributed by atoms with Crippen molar-refractivity contribution in [3.63, 3.8) is 0 Å². The van der Waals surface area contributed by atoms with Crippen LogP contribution in [0.1, 0.15) is 38.2 Å². The molecule has 1 aromatic carbocycles. The highest BCUT2D eigenvalue weighted by molar-refractivity contribution is 7.89. The Morgan fingerprint density at radius 2 is 2.00 bits per heavy atom. The van der Waals surface area contributed by atoms with Crippen LogP contribution in [0.2, 0.25) is 10.0 Å². The summed E-state index contributed by atoms with van der Waals surface area (Å²) in [5, 5.41) is 9.53. The molecular formula is C14H19Cl2NO3S. The highest BCUT2D eigenvalue weighted by Crippen LogP contribution is 2.35. The van der Waals surface area contributed by atoms with Gasteiger partial charge in [-0.25, -0.2) is 13.1 Å². The van der Waals surface area contributed by atoms with Gasteiger partial charge in [-0.3, -0.25) is 0 Å². The van der Waals surface area contributed by atoms with Gasteiger partial charge >= 0.3 is 0 Å². The van der Waals surface area contributed by atoms with Crippen molar-refractivity contribution in [3.05, 3.63) is 27.7 Å². The molecule has 0 aromatic heterocycles. The maximum Gasteiger partial charge on any atom is 0.242 e. The summed E-state index contributed by atoms with van der Waals surface area (Å²) >= 11 is 11.9. The number of hydrogen-bond acceptors (Lipinski definition) is 3. The van der Waals surface area contributed by atoms with E-state index in [1.165, 1.54) is 25.0 Å². The number of nitrogens with one attached hydrogen (secondary N) is 1. The zero-order valence-corrected chi connectivity index (χ0v) is 14.1. The van der Waals surface area contributed by atoms with E-state index in [1.54, 1.807) is 0 Å². The second-order valence-electron chi connectivity index (χ2n) is 5.44. The Labute approximate surface area is 135 Å². The minimum atomic E-state index is -3.72. The zero-order chi connectivity index (χ0) is 15.6. The Kier molecular flexibility index (Phi) is 5.54. The molecule has 1 aliphatic rings. The molecule has 0 bridgehead atoms. The van der Waals surface area contributed by atoms with Crippen molar-refractivity contribution < 1.29 is 13.5 Å². The third kappa shape index (κ3) is 4.33. The molecule has 2 N–H and O–H groups in total. The van der Waals surface area contributed by atoms with Gasteiger partial charge in [-0.15, -0.1) is 0 Å². The average molecular weight is 352 g/mol. The number of benzene rings is 1. The SMILES string of the molecule is CCC(CC1CC1)NS(=O)(=O)c1cc(CO)c(Cl)cc1Cl. The summed E-state index contributed by atoms with van der Waals surface area (Å²) in [5.74, 6) is 0.631. The molecule has 0 spiro atoms. The van der Waals surface area contributed by atoms with E-state index in [2.05, 4.69) is 4.72 Å². The first-order valence-corrected chi connectivity index (χ1v) is 9.22. The third-order valence-electron chi connectivity index (χ3n) is 3.69. The average Bonchev–Trinajstić information content (AvgIpc) is 3.21. The van der Waals surface area contributed by atoms with E-state index in [0.717, 1.165) is 12.8 Å². The molecular weight excluding hydrogens is 333 g/mol. The summed E-state index contributed by atoms with van der Waals surface area (Å²) in [4.78, 5) is -0.0353. The molecule has 1 atom stereocenters. The number of aliphatic hydroxyl groups is 1. The molecule has 0 radical (unpaired) electrons. The number of aliphatic hydroxyl groups excluding tert-OH is 1. The van der Waals surface area contributed by atoms with Crippen LogP contribution in [0, 0.1) is 5.92 Å². The fraction of sp³-hybridized carbons (Fsp3) is 0.571. The smallest absolute Gasteiger partial charge is 0.242 e. The molecule has 21 heavy (non-hydrogen) atoms. The van der Waals surface area contributed by atoms with Crippen LogP contribution in [0.25, 0.3) is 0 Å². The van der Waals surface area contributed by atoms with Gasteiger partial charge in [0, 0.05) is 11.1 Å². The molecule has 4 nitrogen and oxygen atoms in total. The van der Waals surface area contributed by atoms with Gasteiger partial charge in [0.15, 0.2) is 0 Å². The van der Waals surface area contributed by atoms with Crippen LogP contribution in [0.3, 0.4) is 0 Å². The summed E-state index contributed by atoms with van der Waals surface area (Å²) in [5.41, 5.74) is 0.344. The van der Waals surface area contributed by atoms with Crippen molar-refractivity contribution in [1.29, 1.82) is 0 Å². The highest BCUT2D eigenvalue weighted by atomic mass is 35.5. The van der Waals surface area contributed by atoms with Crippen LogP contribution < -0.4 is 4.72 Å². The van der Waals surface area contributed by atoms with Crippen molar-refractivity contribution in [2.75, 3.05) is 0 Å². The van der Waals surface area contributed by atoms with Crippen LogP contribution in [0.5, 0.6) is 0 Å². The lowest BCUT2D eigenvalue weighted by atomic mass is 10.1. The summed E-state index contributed by atoms with van der Waals surface area (Å²) in [6.45, 7) is 1.62. The number of hydrogen-bond donors (Lipinski definition) is 2. The summed E-state index contributed by atoms with van der Waals surface area (Å²) in [7, 11) is -3.72. The van der Waals surface area contributed by atoms with Gasteiger partial charge in [0.1, 0.15) is 4.90 Å². The fourth-order valence-corrected chi connectivity index (χ4v) is 4.42. The van der Waals surface area contributed by atoms with Crippen LogP contribution in [0.15, 0.2) is 17.0 Å². The van der Waals surface area contributed by atoms with E-state index >= 15 is 0 Å². The maximum atomic E-state index is 12.5. The zero-order valence-electron chi connectivity index (χ0n) is 11.8. The monoisotopic (exact) mass is 351 g/mol. The minimum absolute atomic E-state index is 0.0353. The second-order valence-corrected chi connectivity index (χ2v) is 7.93. The van der Waals surface area contributed by atoms with Crippen LogP contribution in [0.4, 0.5) is 0 Å². The largest absolute Gasteiger partial charge is 0.392 e. The van der Waals surface area contributed by atoms with Gasteiger partial charge in [-0.1, -0.05) is 43.0 Å².